The molecule has 5 nitrogen and oxygen atoms in total. The Labute approximate surface area is 119 Å². The van der Waals surface area contributed by atoms with E-state index < -0.39 is 9.84 Å². The second-order valence-corrected chi connectivity index (χ2v) is 7.74. The quantitative estimate of drug-likeness (QED) is 0.866. The van der Waals surface area contributed by atoms with Gasteiger partial charge in [0.1, 0.15) is 21.2 Å². The highest BCUT2D eigenvalue weighted by Gasteiger charge is 2.25. The molecule has 6 heteroatoms. The third-order valence-electron chi connectivity index (χ3n) is 4.01. The zero-order valence-electron chi connectivity index (χ0n) is 11.6. The van der Waals surface area contributed by atoms with Crippen LogP contribution in [0.15, 0.2) is 18.3 Å². The number of aryl methyl sites for hydroxylation is 1. The molecule has 1 aliphatic rings. The summed E-state index contributed by atoms with van der Waals surface area (Å²) in [6, 6.07) is 3.87. The van der Waals surface area contributed by atoms with Crippen molar-refractivity contribution in [3.05, 3.63) is 24.2 Å². The topological polar surface area (TPSA) is 64.8 Å². The van der Waals surface area contributed by atoms with Crippen molar-refractivity contribution < 1.29 is 8.42 Å². The molecule has 0 N–H and O–H groups in total. The van der Waals surface area contributed by atoms with Crippen LogP contribution < -0.4 is 0 Å². The summed E-state index contributed by atoms with van der Waals surface area (Å²) in [6.45, 7) is 2.91. The summed E-state index contributed by atoms with van der Waals surface area (Å²) in [7, 11) is -2.79. The van der Waals surface area contributed by atoms with Gasteiger partial charge in [0, 0.05) is 19.2 Å². The summed E-state index contributed by atoms with van der Waals surface area (Å²) in [6.07, 6.45) is 4.14. The lowest BCUT2D eigenvalue weighted by Crippen LogP contribution is -2.26. The largest absolute Gasteiger partial charge is 0.312 e. The van der Waals surface area contributed by atoms with Crippen LogP contribution in [0.25, 0.3) is 11.2 Å². The van der Waals surface area contributed by atoms with Crippen LogP contribution in [-0.4, -0.2) is 34.5 Å². The standard InChI is InChI=1S/C14H19N3O2S/c1-2-13-16-12-4-3-7-15-14(12)17(13)10-11-5-8-20(18,19)9-6-11/h3-4,7,11H,2,5-6,8-10H2,1H3. The van der Waals surface area contributed by atoms with E-state index >= 15 is 0 Å². The predicted molar refractivity (Wildman–Crippen MR) is 78.3 cm³/mol. The third kappa shape index (κ3) is 2.57. The van der Waals surface area contributed by atoms with Gasteiger partial charge in [-0.3, -0.25) is 0 Å². The Balaban J connectivity index is 1.87. The van der Waals surface area contributed by atoms with Crippen molar-refractivity contribution in [1.29, 1.82) is 0 Å². The number of hydrogen-bond acceptors (Lipinski definition) is 4. The second-order valence-electron chi connectivity index (χ2n) is 5.43. The van der Waals surface area contributed by atoms with Crippen molar-refractivity contribution in [2.45, 2.75) is 32.7 Å². The molecule has 3 heterocycles. The average Bonchev–Trinajstić information content (AvgIpc) is 2.79. The van der Waals surface area contributed by atoms with E-state index in [0.717, 1.165) is 42.8 Å². The van der Waals surface area contributed by atoms with Gasteiger partial charge in [0.2, 0.25) is 0 Å². The van der Waals surface area contributed by atoms with Crippen molar-refractivity contribution in [2.75, 3.05) is 11.5 Å². The molecule has 1 saturated heterocycles. The Morgan fingerprint density at radius 1 is 1.35 bits per heavy atom. The molecule has 2 aromatic rings. The molecule has 0 saturated carbocycles. The molecule has 20 heavy (non-hydrogen) atoms. The SMILES string of the molecule is CCc1nc2cccnc2n1CC1CCS(=O)(=O)CC1. The fraction of sp³-hybridized carbons (Fsp3) is 0.571. The number of hydrogen-bond donors (Lipinski definition) is 0. The summed E-state index contributed by atoms with van der Waals surface area (Å²) >= 11 is 0. The van der Waals surface area contributed by atoms with Crippen LogP contribution >= 0.6 is 0 Å². The van der Waals surface area contributed by atoms with Crippen LogP contribution in [0.1, 0.15) is 25.6 Å². The molecule has 0 amide bonds. The Morgan fingerprint density at radius 3 is 2.80 bits per heavy atom. The lowest BCUT2D eigenvalue weighted by Gasteiger charge is -2.23. The van der Waals surface area contributed by atoms with Gasteiger partial charge < -0.3 is 4.57 Å². The van der Waals surface area contributed by atoms with Gasteiger partial charge in [-0.05, 0) is 30.9 Å². The maximum Gasteiger partial charge on any atom is 0.159 e. The minimum Gasteiger partial charge on any atom is -0.312 e. The Morgan fingerprint density at radius 2 is 2.10 bits per heavy atom. The zero-order chi connectivity index (χ0) is 14.2. The summed E-state index contributed by atoms with van der Waals surface area (Å²) < 4.78 is 25.2. The lowest BCUT2D eigenvalue weighted by atomic mass is 10.0. The van der Waals surface area contributed by atoms with Gasteiger partial charge >= 0.3 is 0 Å². The summed E-state index contributed by atoms with van der Waals surface area (Å²) in [5, 5.41) is 0. The van der Waals surface area contributed by atoms with Gasteiger partial charge in [0.25, 0.3) is 0 Å². The van der Waals surface area contributed by atoms with E-state index in [9.17, 15) is 8.42 Å². The van der Waals surface area contributed by atoms with Crippen LogP contribution in [0.4, 0.5) is 0 Å². The number of nitrogens with zero attached hydrogens (tertiary/aromatic N) is 3. The molecular weight excluding hydrogens is 274 g/mol. The predicted octanol–water partition coefficient (Wildman–Crippen LogP) is 1.82. The number of rotatable bonds is 3. The van der Waals surface area contributed by atoms with Gasteiger partial charge in [-0.2, -0.15) is 0 Å². The molecule has 2 aromatic heterocycles. The molecular formula is C14H19N3O2S. The molecule has 3 rings (SSSR count). The number of sulfone groups is 1. The molecule has 0 spiro atoms. The fourth-order valence-electron chi connectivity index (χ4n) is 2.85. The third-order valence-corrected chi connectivity index (χ3v) is 5.73. The molecule has 108 valence electrons. The first-order valence-corrected chi connectivity index (χ1v) is 8.92. The Bertz CT molecular complexity index is 707. The minimum absolute atomic E-state index is 0.319. The first kappa shape index (κ1) is 13.5. The van der Waals surface area contributed by atoms with E-state index in [4.69, 9.17) is 0 Å². The first-order valence-electron chi connectivity index (χ1n) is 7.09. The lowest BCUT2D eigenvalue weighted by molar-refractivity contribution is 0.402. The van der Waals surface area contributed by atoms with Crippen molar-refractivity contribution in [1.82, 2.24) is 14.5 Å². The summed E-state index contributed by atoms with van der Waals surface area (Å²) in [5.41, 5.74) is 1.84. The molecule has 1 fully saturated rings. The maximum absolute atomic E-state index is 11.5. The highest BCUT2D eigenvalue weighted by molar-refractivity contribution is 7.91. The molecule has 0 aliphatic carbocycles. The van der Waals surface area contributed by atoms with Crippen LogP contribution in [0.3, 0.4) is 0 Å². The number of imidazole rings is 1. The average molecular weight is 293 g/mol. The number of fused-ring (bicyclic) bond motifs is 1. The second kappa shape index (κ2) is 5.16. The van der Waals surface area contributed by atoms with Crippen molar-refractivity contribution >= 4 is 21.0 Å². The van der Waals surface area contributed by atoms with E-state index in [1.165, 1.54) is 0 Å². The molecule has 0 atom stereocenters. The van der Waals surface area contributed by atoms with Crippen molar-refractivity contribution in [3.63, 3.8) is 0 Å². The maximum atomic E-state index is 11.5. The van der Waals surface area contributed by atoms with Crippen LogP contribution in [-0.2, 0) is 22.8 Å². The molecule has 0 radical (unpaired) electrons. The number of pyridine rings is 1. The van der Waals surface area contributed by atoms with Crippen molar-refractivity contribution in [3.8, 4) is 0 Å². The normalized spacial score (nSPS) is 19.4. The highest BCUT2D eigenvalue weighted by atomic mass is 32.2. The van der Waals surface area contributed by atoms with Crippen LogP contribution in [0.2, 0.25) is 0 Å². The van der Waals surface area contributed by atoms with Gasteiger partial charge in [-0.15, -0.1) is 0 Å². The molecule has 1 aliphatic heterocycles. The van der Waals surface area contributed by atoms with Gasteiger partial charge in [-0.1, -0.05) is 6.92 Å². The molecule has 0 bridgehead atoms. The number of aromatic nitrogens is 3. The fourth-order valence-corrected chi connectivity index (χ4v) is 4.44. The van der Waals surface area contributed by atoms with E-state index in [-0.39, 0.29) is 0 Å². The van der Waals surface area contributed by atoms with E-state index in [0.29, 0.717) is 17.4 Å². The van der Waals surface area contributed by atoms with Gasteiger partial charge in [-0.25, -0.2) is 18.4 Å². The highest BCUT2D eigenvalue weighted by Crippen LogP contribution is 2.23. The van der Waals surface area contributed by atoms with Gasteiger partial charge in [0.05, 0.1) is 11.5 Å². The van der Waals surface area contributed by atoms with Gasteiger partial charge in [0.15, 0.2) is 5.65 Å². The van der Waals surface area contributed by atoms with E-state index in [1.54, 1.807) is 6.20 Å². The van der Waals surface area contributed by atoms with E-state index in [1.807, 2.05) is 12.1 Å². The molecule has 0 unspecified atom stereocenters. The zero-order valence-corrected chi connectivity index (χ0v) is 12.4. The first-order chi connectivity index (χ1) is 9.59. The monoisotopic (exact) mass is 293 g/mol. The van der Waals surface area contributed by atoms with Crippen molar-refractivity contribution in [2.24, 2.45) is 5.92 Å². The van der Waals surface area contributed by atoms with Crippen LogP contribution in [0.5, 0.6) is 0 Å². The smallest absolute Gasteiger partial charge is 0.159 e. The van der Waals surface area contributed by atoms with Crippen LogP contribution in [0, 0.1) is 5.92 Å². The molecule has 0 aromatic carbocycles. The minimum atomic E-state index is -2.79. The Hall–Kier alpha value is -1.43. The van der Waals surface area contributed by atoms with E-state index in [2.05, 4.69) is 21.5 Å². The summed E-state index contributed by atoms with van der Waals surface area (Å²) in [5.74, 6) is 2.08. The Kier molecular flexibility index (Phi) is 3.50. The summed E-state index contributed by atoms with van der Waals surface area (Å²) in [4.78, 5) is 9.03.